The molecule has 0 atom stereocenters. The Kier molecular flexibility index (Phi) is 2.20. The lowest BCUT2D eigenvalue weighted by atomic mass is 10.5. The van der Waals surface area contributed by atoms with Gasteiger partial charge in [0.1, 0.15) is 5.75 Å². The van der Waals surface area contributed by atoms with Gasteiger partial charge in [0.2, 0.25) is 9.05 Å². The number of halogens is 1. The summed E-state index contributed by atoms with van der Waals surface area (Å²) in [6.45, 7) is 0. The maximum atomic E-state index is 10.5. The number of aromatic nitrogens is 2. The average molecular weight is 195 g/mol. The third-order valence-electron chi connectivity index (χ3n) is 1.09. The highest BCUT2D eigenvalue weighted by atomic mass is 35.7. The van der Waals surface area contributed by atoms with Crippen LogP contribution in [-0.4, -0.2) is 18.2 Å². The Hall–Kier alpha value is -0.550. The van der Waals surface area contributed by atoms with E-state index in [0.29, 0.717) is 5.69 Å². The normalized spacial score (nSPS) is 11.8. The lowest BCUT2D eigenvalue weighted by Gasteiger charge is -1.89. The van der Waals surface area contributed by atoms with Gasteiger partial charge in [-0.05, 0) is 6.07 Å². The molecule has 0 aliphatic heterocycles. The van der Waals surface area contributed by atoms with E-state index in [2.05, 4.69) is 5.10 Å². The summed E-state index contributed by atoms with van der Waals surface area (Å²) in [4.78, 5) is 0. The molecule has 0 aliphatic carbocycles. The summed E-state index contributed by atoms with van der Waals surface area (Å²) < 4.78 is 22.6. The predicted molar refractivity (Wildman–Crippen MR) is 41.7 cm³/mol. The smallest absolute Gasteiger partial charge is 0.238 e. The molecule has 1 aromatic rings. The lowest BCUT2D eigenvalue weighted by molar-refractivity contribution is 0.607. The molecule has 0 bridgehead atoms. The lowest BCUT2D eigenvalue weighted by Crippen LogP contribution is -1.97. The molecule has 62 valence electrons. The average Bonchev–Trinajstić information content (AvgIpc) is 2.10. The van der Waals surface area contributed by atoms with Crippen molar-refractivity contribution in [2.75, 3.05) is 0 Å². The van der Waals surface area contributed by atoms with Crippen LogP contribution in [0.4, 0.5) is 0 Å². The largest absolute Gasteiger partial charge is 0.276 e. The van der Waals surface area contributed by atoms with Crippen molar-refractivity contribution >= 4 is 19.7 Å². The Balaban J connectivity index is 2.81. The van der Waals surface area contributed by atoms with Crippen LogP contribution in [0, 0.1) is 0 Å². The van der Waals surface area contributed by atoms with Gasteiger partial charge in [-0.1, -0.05) is 0 Å². The second kappa shape index (κ2) is 2.83. The van der Waals surface area contributed by atoms with Crippen LogP contribution >= 0.6 is 10.7 Å². The van der Waals surface area contributed by atoms with Crippen LogP contribution in [0.15, 0.2) is 12.3 Å². The van der Waals surface area contributed by atoms with Gasteiger partial charge in [-0.15, -0.1) is 0 Å². The Morgan fingerprint density at radius 3 is 2.73 bits per heavy atom. The second-order valence-corrected chi connectivity index (χ2v) is 4.94. The summed E-state index contributed by atoms with van der Waals surface area (Å²) in [6, 6.07) is 1.61. The van der Waals surface area contributed by atoms with Crippen molar-refractivity contribution in [1.82, 2.24) is 9.78 Å². The molecule has 0 radical (unpaired) electrons. The topological polar surface area (TPSA) is 52.0 Å². The highest BCUT2D eigenvalue weighted by molar-refractivity contribution is 8.13. The van der Waals surface area contributed by atoms with Crippen LogP contribution in [0.5, 0.6) is 0 Å². The molecule has 0 aromatic carbocycles. The minimum atomic E-state index is -3.47. The first-order chi connectivity index (χ1) is 4.97. The van der Waals surface area contributed by atoms with Gasteiger partial charge in [-0.25, -0.2) is 8.42 Å². The molecule has 0 amide bonds. The fourth-order valence-corrected chi connectivity index (χ4v) is 1.56. The molecule has 0 saturated carbocycles. The summed E-state index contributed by atoms with van der Waals surface area (Å²) in [5, 5.41) is 3.85. The van der Waals surface area contributed by atoms with Crippen molar-refractivity contribution in [3.63, 3.8) is 0 Å². The third-order valence-corrected chi connectivity index (χ3v) is 2.06. The Labute approximate surface area is 69.2 Å². The van der Waals surface area contributed by atoms with E-state index in [1.807, 2.05) is 0 Å². The second-order valence-electron chi connectivity index (χ2n) is 2.16. The highest BCUT2D eigenvalue weighted by Crippen LogP contribution is 2.05. The minimum absolute atomic E-state index is 0.213. The van der Waals surface area contributed by atoms with Gasteiger partial charge < -0.3 is 0 Å². The Bertz CT molecular complexity index is 343. The number of aryl methyl sites for hydroxylation is 1. The number of nitrogens with zero attached hydrogens (tertiary/aromatic N) is 2. The standard InChI is InChI=1S/C5H7ClN2O2S/c1-8-3-2-5(7-8)4-11(6,9)10/h2-3H,4H2,1H3. The first-order valence-electron chi connectivity index (χ1n) is 2.88. The first-order valence-corrected chi connectivity index (χ1v) is 5.36. The SMILES string of the molecule is Cn1ccc(CS(=O)(=O)Cl)n1. The van der Waals surface area contributed by atoms with E-state index in [0.717, 1.165) is 0 Å². The van der Waals surface area contributed by atoms with Gasteiger partial charge in [0.15, 0.2) is 0 Å². The molecule has 0 fully saturated rings. The van der Waals surface area contributed by atoms with E-state index in [1.54, 1.807) is 19.3 Å². The molecule has 4 nitrogen and oxygen atoms in total. The van der Waals surface area contributed by atoms with Gasteiger partial charge in [-0.2, -0.15) is 5.10 Å². The molecule has 1 aromatic heterocycles. The van der Waals surface area contributed by atoms with Gasteiger partial charge in [0.25, 0.3) is 0 Å². The fraction of sp³-hybridized carbons (Fsp3) is 0.400. The van der Waals surface area contributed by atoms with Crippen LogP contribution < -0.4 is 0 Å². The molecule has 0 unspecified atom stereocenters. The maximum absolute atomic E-state index is 10.5. The van der Waals surface area contributed by atoms with E-state index < -0.39 is 9.05 Å². The molecule has 0 aliphatic rings. The zero-order valence-electron chi connectivity index (χ0n) is 5.86. The molecular weight excluding hydrogens is 188 g/mol. The van der Waals surface area contributed by atoms with E-state index in [1.165, 1.54) is 4.68 Å². The summed E-state index contributed by atoms with van der Waals surface area (Å²) in [5.74, 6) is -0.213. The summed E-state index contributed by atoms with van der Waals surface area (Å²) in [5.41, 5.74) is 0.461. The van der Waals surface area contributed by atoms with Gasteiger partial charge in [0, 0.05) is 23.9 Å². The number of rotatable bonds is 2. The molecule has 0 spiro atoms. The van der Waals surface area contributed by atoms with Crippen molar-refractivity contribution in [2.45, 2.75) is 5.75 Å². The molecule has 0 N–H and O–H groups in total. The summed E-state index contributed by atoms with van der Waals surface area (Å²) in [6.07, 6.45) is 1.66. The van der Waals surface area contributed by atoms with Crippen LogP contribution in [-0.2, 0) is 21.9 Å². The van der Waals surface area contributed by atoms with Crippen molar-refractivity contribution in [3.8, 4) is 0 Å². The van der Waals surface area contributed by atoms with Crippen molar-refractivity contribution in [2.24, 2.45) is 7.05 Å². The summed E-state index contributed by atoms with van der Waals surface area (Å²) >= 11 is 0. The Morgan fingerprint density at radius 1 is 1.73 bits per heavy atom. The van der Waals surface area contributed by atoms with E-state index in [4.69, 9.17) is 10.7 Å². The monoisotopic (exact) mass is 194 g/mol. The van der Waals surface area contributed by atoms with E-state index >= 15 is 0 Å². The molecule has 1 rings (SSSR count). The van der Waals surface area contributed by atoms with Gasteiger partial charge in [-0.3, -0.25) is 4.68 Å². The van der Waals surface area contributed by atoms with Crippen molar-refractivity contribution < 1.29 is 8.42 Å². The number of hydrogen-bond acceptors (Lipinski definition) is 3. The quantitative estimate of drug-likeness (QED) is 0.644. The van der Waals surface area contributed by atoms with E-state index in [-0.39, 0.29) is 5.75 Å². The zero-order valence-corrected chi connectivity index (χ0v) is 7.43. The van der Waals surface area contributed by atoms with Crippen molar-refractivity contribution in [3.05, 3.63) is 18.0 Å². The van der Waals surface area contributed by atoms with Gasteiger partial charge >= 0.3 is 0 Å². The van der Waals surface area contributed by atoms with Crippen molar-refractivity contribution in [1.29, 1.82) is 0 Å². The van der Waals surface area contributed by atoms with Crippen LogP contribution in [0.1, 0.15) is 5.69 Å². The molecular formula is C5H7ClN2O2S. The third kappa shape index (κ3) is 2.90. The van der Waals surface area contributed by atoms with Gasteiger partial charge in [0.05, 0.1) is 5.69 Å². The molecule has 11 heavy (non-hydrogen) atoms. The van der Waals surface area contributed by atoms with Crippen LogP contribution in [0.3, 0.4) is 0 Å². The zero-order chi connectivity index (χ0) is 8.48. The molecule has 1 heterocycles. The summed E-state index contributed by atoms with van der Waals surface area (Å²) in [7, 11) is 3.25. The maximum Gasteiger partial charge on any atom is 0.238 e. The number of hydrogen-bond donors (Lipinski definition) is 0. The molecule has 6 heteroatoms. The Morgan fingerprint density at radius 2 is 2.36 bits per heavy atom. The van der Waals surface area contributed by atoms with E-state index in [9.17, 15) is 8.42 Å². The first kappa shape index (κ1) is 8.55. The minimum Gasteiger partial charge on any atom is -0.276 e. The highest BCUT2D eigenvalue weighted by Gasteiger charge is 2.08. The molecule has 0 saturated heterocycles. The predicted octanol–water partition coefficient (Wildman–Crippen LogP) is 0.489. The van der Waals surface area contributed by atoms with Crippen LogP contribution in [0.2, 0.25) is 0 Å². The fourth-order valence-electron chi connectivity index (χ4n) is 0.717. The van der Waals surface area contributed by atoms with Crippen LogP contribution in [0.25, 0.3) is 0 Å².